The first-order valence-corrected chi connectivity index (χ1v) is 12.0. The number of ether oxygens (including phenoxy) is 3. The monoisotopic (exact) mass is 452 g/mol. The Morgan fingerprint density at radius 3 is 1.74 bits per heavy atom. The molecule has 0 radical (unpaired) electrons. The second-order valence-corrected chi connectivity index (χ2v) is 8.09. The number of hydrogen-bond acceptors (Lipinski definition) is 3. The highest BCUT2D eigenvalue weighted by molar-refractivity contribution is 5.82. The Hall–Kier alpha value is -3.56. The van der Waals surface area contributed by atoms with Gasteiger partial charge in [0.1, 0.15) is 18.1 Å². The van der Waals surface area contributed by atoms with Crippen molar-refractivity contribution in [2.75, 3.05) is 13.2 Å². The minimum Gasteiger partial charge on any atom is -0.490 e. The molecule has 0 bridgehead atoms. The first-order chi connectivity index (χ1) is 16.8. The minimum atomic E-state index is -0.311. The first kappa shape index (κ1) is 23.6. The van der Waals surface area contributed by atoms with Crippen LogP contribution in [0.4, 0.5) is 0 Å². The van der Waals surface area contributed by atoms with Crippen molar-refractivity contribution < 1.29 is 14.2 Å². The molecule has 0 saturated heterocycles. The van der Waals surface area contributed by atoms with Gasteiger partial charge in [-0.2, -0.15) is 0 Å². The van der Waals surface area contributed by atoms with Crippen LogP contribution in [0.5, 0.6) is 11.5 Å². The molecule has 0 aliphatic heterocycles. The first-order valence-electron chi connectivity index (χ1n) is 12.0. The van der Waals surface area contributed by atoms with E-state index in [4.69, 9.17) is 14.2 Å². The molecule has 34 heavy (non-hydrogen) atoms. The van der Waals surface area contributed by atoms with E-state index < -0.39 is 0 Å². The molecule has 0 fully saturated rings. The SMILES string of the molecule is CCc1ccc(OC(CC)OCCOc2c(-c3ccccc3)cccc2-c2ccccc2)cc1. The van der Waals surface area contributed by atoms with Gasteiger partial charge in [-0.05, 0) is 35.2 Å². The zero-order valence-corrected chi connectivity index (χ0v) is 19.9. The van der Waals surface area contributed by atoms with Gasteiger partial charge in [0.05, 0.1) is 6.61 Å². The molecule has 3 nitrogen and oxygen atoms in total. The zero-order chi connectivity index (χ0) is 23.6. The van der Waals surface area contributed by atoms with Gasteiger partial charge in [-0.1, -0.05) is 105 Å². The fraction of sp³-hybridized carbons (Fsp3) is 0.226. The molecule has 4 rings (SSSR count). The summed E-state index contributed by atoms with van der Waals surface area (Å²) in [5.74, 6) is 1.69. The van der Waals surface area contributed by atoms with Crippen molar-refractivity contribution in [3.8, 4) is 33.8 Å². The summed E-state index contributed by atoms with van der Waals surface area (Å²) < 4.78 is 18.4. The predicted octanol–water partition coefficient (Wildman–Crippen LogP) is 7.79. The molecular weight excluding hydrogens is 420 g/mol. The zero-order valence-electron chi connectivity index (χ0n) is 19.9. The Morgan fingerprint density at radius 1 is 0.618 bits per heavy atom. The van der Waals surface area contributed by atoms with E-state index in [2.05, 4.69) is 68.4 Å². The predicted molar refractivity (Wildman–Crippen MR) is 139 cm³/mol. The third kappa shape index (κ3) is 6.06. The van der Waals surface area contributed by atoms with Gasteiger partial charge in [0.25, 0.3) is 0 Å². The molecular formula is C31H32O3. The summed E-state index contributed by atoms with van der Waals surface area (Å²) >= 11 is 0. The Labute approximate surface area is 202 Å². The third-order valence-corrected chi connectivity index (χ3v) is 5.75. The molecule has 4 aromatic rings. The molecule has 0 spiro atoms. The number of para-hydroxylation sites is 1. The van der Waals surface area contributed by atoms with E-state index in [0.717, 1.165) is 46.6 Å². The van der Waals surface area contributed by atoms with Crippen LogP contribution in [-0.2, 0) is 11.2 Å². The quantitative estimate of drug-likeness (QED) is 0.172. The summed E-state index contributed by atoms with van der Waals surface area (Å²) in [5, 5.41) is 0. The van der Waals surface area contributed by atoms with Gasteiger partial charge >= 0.3 is 0 Å². The maximum atomic E-state index is 6.37. The van der Waals surface area contributed by atoms with Crippen LogP contribution in [0.15, 0.2) is 103 Å². The van der Waals surface area contributed by atoms with E-state index in [0.29, 0.717) is 13.2 Å². The molecule has 0 aliphatic rings. The molecule has 174 valence electrons. The smallest absolute Gasteiger partial charge is 0.199 e. The Bertz CT molecular complexity index is 1080. The number of rotatable bonds is 11. The molecule has 1 unspecified atom stereocenters. The highest BCUT2D eigenvalue weighted by atomic mass is 16.7. The molecule has 1 atom stereocenters. The number of benzene rings is 4. The second-order valence-electron chi connectivity index (χ2n) is 8.09. The topological polar surface area (TPSA) is 27.7 Å². The minimum absolute atomic E-state index is 0.311. The standard InChI is InChI=1S/C31H32O3/c1-3-24-18-20-27(21-19-24)34-30(4-2)32-22-23-33-31-28(25-12-7-5-8-13-25)16-11-17-29(31)26-14-9-6-10-15-26/h5-21,30H,3-4,22-23H2,1-2H3. The summed E-state index contributed by atoms with van der Waals surface area (Å²) in [6.45, 7) is 5.07. The lowest BCUT2D eigenvalue weighted by molar-refractivity contribution is -0.0880. The van der Waals surface area contributed by atoms with Gasteiger partial charge in [0, 0.05) is 17.5 Å². The highest BCUT2D eigenvalue weighted by Gasteiger charge is 2.14. The second kappa shape index (κ2) is 12.1. The fourth-order valence-electron chi connectivity index (χ4n) is 3.90. The van der Waals surface area contributed by atoms with E-state index in [1.165, 1.54) is 5.56 Å². The maximum Gasteiger partial charge on any atom is 0.199 e. The number of hydrogen-bond donors (Lipinski definition) is 0. The third-order valence-electron chi connectivity index (χ3n) is 5.75. The van der Waals surface area contributed by atoms with Gasteiger partial charge in [-0.3, -0.25) is 0 Å². The van der Waals surface area contributed by atoms with Crippen LogP contribution in [0.3, 0.4) is 0 Å². The molecule has 4 aromatic carbocycles. The van der Waals surface area contributed by atoms with Crippen molar-refractivity contribution in [3.05, 3.63) is 109 Å². The molecule has 3 heteroatoms. The van der Waals surface area contributed by atoms with E-state index in [9.17, 15) is 0 Å². The van der Waals surface area contributed by atoms with Gasteiger partial charge < -0.3 is 14.2 Å². The summed E-state index contributed by atoms with van der Waals surface area (Å²) in [6.07, 6.45) is 1.46. The molecule has 0 heterocycles. The summed E-state index contributed by atoms with van der Waals surface area (Å²) in [7, 11) is 0. The van der Waals surface area contributed by atoms with Crippen LogP contribution >= 0.6 is 0 Å². The summed E-state index contributed by atoms with van der Waals surface area (Å²) in [4.78, 5) is 0. The van der Waals surface area contributed by atoms with Crippen molar-refractivity contribution in [1.29, 1.82) is 0 Å². The normalized spacial score (nSPS) is 11.7. The molecule has 0 aromatic heterocycles. The number of aryl methyl sites for hydroxylation is 1. The van der Waals surface area contributed by atoms with Crippen molar-refractivity contribution in [1.82, 2.24) is 0 Å². The van der Waals surface area contributed by atoms with Crippen LogP contribution in [0, 0.1) is 0 Å². The van der Waals surface area contributed by atoms with Crippen LogP contribution < -0.4 is 9.47 Å². The summed E-state index contributed by atoms with van der Waals surface area (Å²) in [6, 6.07) is 35.2. The van der Waals surface area contributed by atoms with Gasteiger partial charge in [0.2, 0.25) is 0 Å². The van der Waals surface area contributed by atoms with Gasteiger partial charge in [-0.15, -0.1) is 0 Å². The largest absolute Gasteiger partial charge is 0.490 e. The van der Waals surface area contributed by atoms with E-state index in [1.54, 1.807) is 0 Å². The van der Waals surface area contributed by atoms with E-state index in [1.807, 2.05) is 48.5 Å². The van der Waals surface area contributed by atoms with Crippen LogP contribution in [-0.4, -0.2) is 19.5 Å². The Kier molecular flexibility index (Phi) is 8.37. The van der Waals surface area contributed by atoms with Crippen molar-refractivity contribution in [2.24, 2.45) is 0 Å². The van der Waals surface area contributed by atoms with Gasteiger partial charge in [-0.25, -0.2) is 0 Å². The highest BCUT2D eigenvalue weighted by Crippen LogP contribution is 2.39. The van der Waals surface area contributed by atoms with Gasteiger partial charge in [0.15, 0.2) is 6.29 Å². The van der Waals surface area contributed by atoms with Crippen molar-refractivity contribution in [3.63, 3.8) is 0 Å². The van der Waals surface area contributed by atoms with E-state index in [-0.39, 0.29) is 6.29 Å². The van der Waals surface area contributed by atoms with Crippen molar-refractivity contribution in [2.45, 2.75) is 33.0 Å². The van der Waals surface area contributed by atoms with E-state index >= 15 is 0 Å². The van der Waals surface area contributed by atoms with Crippen LogP contribution in [0.2, 0.25) is 0 Å². The maximum absolute atomic E-state index is 6.37. The molecule has 0 N–H and O–H groups in total. The van der Waals surface area contributed by atoms with Crippen LogP contribution in [0.25, 0.3) is 22.3 Å². The van der Waals surface area contributed by atoms with Crippen molar-refractivity contribution >= 4 is 0 Å². The Balaban J connectivity index is 1.46. The average molecular weight is 453 g/mol. The average Bonchev–Trinajstić information content (AvgIpc) is 2.91. The fourth-order valence-corrected chi connectivity index (χ4v) is 3.90. The lowest BCUT2D eigenvalue weighted by Gasteiger charge is -2.20. The lowest BCUT2D eigenvalue weighted by atomic mass is 9.97. The Morgan fingerprint density at radius 2 is 1.21 bits per heavy atom. The summed E-state index contributed by atoms with van der Waals surface area (Å²) in [5.41, 5.74) is 5.69. The lowest BCUT2D eigenvalue weighted by Crippen LogP contribution is -2.22. The molecule has 0 aliphatic carbocycles. The van der Waals surface area contributed by atoms with Crippen LogP contribution in [0.1, 0.15) is 25.8 Å². The molecule has 0 saturated carbocycles. The molecule has 0 amide bonds.